The number of nitrogens with one attached hydrogen (secondary N) is 1. The largest absolute Gasteiger partial charge is 0.479 e. The smallest absolute Gasteiger partial charge is 0.459 e. The van der Waals surface area contributed by atoms with E-state index in [-0.39, 0.29) is 31.1 Å². The van der Waals surface area contributed by atoms with Crippen LogP contribution in [-0.4, -0.2) is 52.2 Å². The molecule has 0 amide bonds. The Balaban J connectivity index is 1.44. The molecule has 4 rings (SSSR count). The Kier molecular flexibility index (Phi) is 7.11. The van der Waals surface area contributed by atoms with Crippen molar-refractivity contribution >= 4 is 24.9 Å². The Hall–Kier alpha value is -2.76. The van der Waals surface area contributed by atoms with Crippen molar-refractivity contribution in [1.29, 1.82) is 0 Å². The van der Waals surface area contributed by atoms with E-state index in [0.29, 0.717) is 16.9 Å². The van der Waals surface area contributed by atoms with E-state index in [1.54, 1.807) is 35.2 Å². The summed E-state index contributed by atoms with van der Waals surface area (Å²) in [4.78, 5) is 12.5. The van der Waals surface area contributed by atoms with Gasteiger partial charge in [0.05, 0.1) is 20.0 Å². The second kappa shape index (κ2) is 10.0. The predicted octanol–water partition coefficient (Wildman–Crippen LogP) is 2.88. The zero-order chi connectivity index (χ0) is 23.4. The highest BCUT2D eigenvalue weighted by atomic mass is 31.2. The van der Waals surface area contributed by atoms with Crippen molar-refractivity contribution in [3.63, 3.8) is 0 Å². The third-order valence-electron chi connectivity index (χ3n) is 4.98. The highest BCUT2D eigenvalue weighted by Crippen LogP contribution is 2.45. The average Bonchev–Trinajstić information content (AvgIpc) is 3.44. The van der Waals surface area contributed by atoms with Gasteiger partial charge in [-0.3, -0.25) is 9.09 Å². The molecule has 3 heterocycles. The van der Waals surface area contributed by atoms with Crippen LogP contribution in [0.15, 0.2) is 36.7 Å². The van der Waals surface area contributed by atoms with Gasteiger partial charge in [-0.1, -0.05) is 25.1 Å². The number of ether oxygens (including phenoxy) is 3. The SMILES string of the molecule is CC[C@H](C)NP(=O)(OC[C@@H]1OC[C@H](n2cnc3c(OC)nc(N)nc32)O1)Oc1ccccc1. The van der Waals surface area contributed by atoms with E-state index in [1.165, 1.54) is 7.11 Å². The maximum absolute atomic E-state index is 13.4. The van der Waals surface area contributed by atoms with Crippen molar-refractivity contribution in [3.05, 3.63) is 36.7 Å². The standard InChI is InChI=1S/C20H27N6O6P/c1-4-13(2)25-33(27,32-14-8-6-5-7-9-14)30-11-16-29-10-15(31-16)26-12-22-17-18(26)23-20(21)24-19(17)28-3/h5-9,12-13,15-16H,4,10-11H2,1-3H3,(H,25,27)(H2,21,23,24)/t13-,15+,16+,33?/m0/s1. The van der Waals surface area contributed by atoms with Crippen LogP contribution >= 0.6 is 7.75 Å². The topological polar surface area (TPSA) is 145 Å². The second-order valence-electron chi connectivity index (χ2n) is 7.40. The number of imidazole rings is 1. The predicted molar refractivity (Wildman–Crippen MR) is 120 cm³/mol. The van der Waals surface area contributed by atoms with Crippen LogP contribution in [0.25, 0.3) is 11.2 Å². The summed E-state index contributed by atoms with van der Waals surface area (Å²) < 4.78 is 43.3. The number of rotatable bonds is 10. The van der Waals surface area contributed by atoms with Crippen molar-refractivity contribution in [2.75, 3.05) is 26.1 Å². The van der Waals surface area contributed by atoms with E-state index >= 15 is 0 Å². The number of nitrogens with two attached hydrogens (primary N) is 1. The molecule has 1 unspecified atom stereocenters. The van der Waals surface area contributed by atoms with Crippen LogP contribution in [0.3, 0.4) is 0 Å². The lowest BCUT2D eigenvalue weighted by molar-refractivity contribution is -0.0941. The molecule has 3 N–H and O–H groups in total. The van der Waals surface area contributed by atoms with Crippen molar-refractivity contribution in [1.82, 2.24) is 24.6 Å². The molecule has 3 aromatic rings. The molecule has 1 aliphatic rings. The van der Waals surface area contributed by atoms with Gasteiger partial charge in [0.15, 0.2) is 23.7 Å². The second-order valence-corrected chi connectivity index (χ2v) is 9.10. The summed E-state index contributed by atoms with van der Waals surface area (Å²) in [5.74, 6) is 0.749. The van der Waals surface area contributed by atoms with E-state index < -0.39 is 20.3 Å². The Morgan fingerprint density at radius 3 is 2.85 bits per heavy atom. The monoisotopic (exact) mass is 478 g/mol. The molecular formula is C20H27N6O6P. The van der Waals surface area contributed by atoms with Gasteiger partial charge >= 0.3 is 7.75 Å². The molecule has 13 heteroatoms. The minimum atomic E-state index is -3.69. The molecule has 0 saturated carbocycles. The van der Waals surface area contributed by atoms with Crippen molar-refractivity contribution < 1.29 is 27.8 Å². The maximum atomic E-state index is 13.4. The summed E-state index contributed by atoms with van der Waals surface area (Å²) in [5, 5.41) is 2.94. The first-order valence-electron chi connectivity index (χ1n) is 10.5. The fourth-order valence-electron chi connectivity index (χ4n) is 3.17. The first-order chi connectivity index (χ1) is 15.9. The van der Waals surface area contributed by atoms with Crippen LogP contribution in [0.4, 0.5) is 5.95 Å². The Bertz CT molecular complexity index is 1130. The number of nitrogen functional groups attached to an aromatic ring is 1. The third-order valence-corrected chi connectivity index (χ3v) is 6.68. The normalized spacial score (nSPS) is 21.1. The molecule has 0 radical (unpaired) electrons. The first-order valence-corrected chi connectivity index (χ1v) is 12.0. The lowest BCUT2D eigenvalue weighted by Gasteiger charge is -2.24. The zero-order valence-corrected chi connectivity index (χ0v) is 19.5. The van der Waals surface area contributed by atoms with Gasteiger partial charge < -0.3 is 24.5 Å². The molecule has 0 bridgehead atoms. The summed E-state index contributed by atoms with van der Waals surface area (Å²) in [6, 6.07) is 8.75. The molecular weight excluding hydrogens is 451 g/mol. The van der Waals surface area contributed by atoms with Crippen LogP contribution in [0.2, 0.25) is 0 Å². The molecule has 1 aromatic carbocycles. The van der Waals surface area contributed by atoms with Gasteiger partial charge in [0.1, 0.15) is 12.4 Å². The summed E-state index contributed by atoms with van der Waals surface area (Å²) >= 11 is 0. The molecule has 0 aliphatic carbocycles. The van der Waals surface area contributed by atoms with Gasteiger partial charge in [0.2, 0.25) is 11.8 Å². The van der Waals surface area contributed by atoms with Gasteiger partial charge in [-0.15, -0.1) is 0 Å². The van der Waals surface area contributed by atoms with Crippen molar-refractivity contribution in [3.8, 4) is 11.6 Å². The highest BCUT2D eigenvalue weighted by Gasteiger charge is 2.34. The molecule has 4 atom stereocenters. The number of nitrogens with zero attached hydrogens (tertiary/aromatic N) is 4. The average molecular weight is 478 g/mol. The van der Waals surface area contributed by atoms with Gasteiger partial charge in [-0.25, -0.2) is 14.6 Å². The van der Waals surface area contributed by atoms with Gasteiger partial charge in [-0.2, -0.15) is 9.97 Å². The summed E-state index contributed by atoms with van der Waals surface area (Å²) in [7, 11) is -2.21. The number of fused-ring (bicyclic) bond motifs is 1. The van der Waals surface area contributed by atoms with Crippen molar-refractivity contribution in [2.24, 2.45) is 0 Å². The number of aromatic nitrogens is 4. The number of benzene rings is 1. The number of para-hydroxylation sites is 1. The highest BCUT2D eigenvalue weighted by molar-refractivity contribution is 7.52. The van der Waals surface area contributed by atoms with E-state index in [0.717, 1.165) is 6.42 Å². The Labute approximate surface area is 191 Å². The zero-order valence-electron chi connectivity index (χ0n) is 18.6. The maximum Gasteiger partial charge on any atom is 0.459 e. The lowest BCUT2D eigenvalue weighted by Crippen LogP contribution is -2.28. The van der Waals surface area contributed by atoms with E-state index in [2.05, 4.69) is 20.0 Å². The van der Waals surface area contributed by atoms with Crippen LogP contribution < -0.4 is 20.1 Å². The van der Waals surface area contributed by atoms with Gasteiger partial charge in [0, 0.05) is 6.04 Å². The Morgan fingerprint density at radius 2 is 2.12 bits per heavy atom. The summed E-state index contributed by atoms with van der Waals surface area (Å²) in [5.41, 5.74) is 6.68. The van der Waals surface area contributed by atoms with E-state index in [9.17, 15) is 4.57 Å². The first kappa shape index (κ1) is 23.4. The molecule has 2 aromatic heterocycles. The van der Waals surface area contributed by atoms with Gasteiger partial charge in [-0.05, 0) is 25.5 Å². The van der Waals surface area contributed by atoms with Crippen LogP contribution in [0, 0.1) is 0 Å². The molecule has 0 spiro atoms. The van der Waals surface area contributed by atoms with Crippen LogP contribution in [-0.2, 0) is 18.6 Å². The number of hydrogen-bond donors (Lipinski definition) is 2. The molecule has 1 aliphatic heterocycles. The third kappa shape index (κ3) is 5.43. The molecule has 1 fully saturated rings. The summed E-state index contributed by atoms with van der Waals surface area (Å²) in [6.07, 6.45) is 0.970. The van der Waals surface area contributed by atoms with Crippen LogP contribution in [0.5, 0.6) is 11.6 Å². The minimum Gasteiger partial charge on any atom is -0.479 e. The quantitative estimate of drug-likeness (QED) is 0.415. The minimum absolute atomic E-state index is 0.0509. The number of methoxy groups -OCH3 is 1. The van der Waals surface area contributed by atoms with Crippen molar-refractivity contribution in [2.45, 2.75) is 38.8 Å². The fourth-order valence-corrected chi connectivity index (χ4v) is 4.79. The number of hydrogen-bond acceptors (Lipinski definition) is 10. The lowest BCUT2D eigenvalue weighted by atomic mass is 10.3. The molecule has 12 nitrogen and oxygen atoms in total. The van der Waals surface area contributed by atoms with Crippen LogP contribution in [0.1, 0.15) is 26.5 Å². The molecule has 178 valence electrons. The van der Waals surface area contributed by atoms with E-state index in [4.69, 9.17) is 29.0 Å². The van der Waals surface area contributed by atoms with E-state index in [1.807, 2.05) is 19.9 Å². The Morgan fingerprint density at radius 1 is 1.33 bits per heavy atom. The number of anilines is 1. The summed E-state index contributed by atoms with van der Waals surface area (Å²) in [6.45, 7) is 3.96. The van der Waals surface area contributed by atoms with Gasteiger partial charge in [0.25, 0.3) is 0 Å². The molecule has 33 heavy (non-hydrogen) atoms. The molecule has 1 saturated heterocycles. The fraction of sp³-hybridized carbons (Fsp3) is 0.450.